The molecule has 5 N–H and O–H groups in total. The van der Waals surface area contributed by atoms with Gasteiger partial charge in [-0.2, -0.15) is 0 Å². The second kappa shape index (κ2) is 4.33. The molecule has 0 spiro atoms. The van der Waals surface area contributed by atoms with Crippen LogP contribution in [0.2, 0.25) is 0 Å². The normalized spacial score (nSPS) is 15.0. The summed E-state index contributed by atoms with van der Waals surface area (Å²) in [7, 11) is 0. The van der Waals surface area contributed by atoms with Crippen molar-refractivity contribution in [2.45, 2.75) is 19.4 Å². The predicted molar refractivity (Wildman–Crippen MR) is 50.9 cm³/mol. The minimum atomic E-state index is -0.620. The molecule has 12 heavy (non-hydrogen) atoms. The van der Waals surface area contributed by atoms with Gasteiger partial charge in [0.25, 0.3) is 0 Å². The van der Waals surface area contributed by atoms with E-state index in [4.69, 9.17) is 28.2 Å². The maximum atomic E-state index is 8.84. The maximum absolute atomic E-state index is 8.84. The fraction of sp³-hybridized carbons (Fsp3) is 0.571. The molecule has 0 aliphatic heterocycles. The largest absolute Gasteiger partial charge is 0.403 e. The second-order valence-corrected chi connectivity index (χ2v) is 3.35. The molecule has 0 fully saturated rings. The van der Waals surface area contributed by atoms with Crippen LogP contribution in [0.5, 0.6) is 0 Å². The van der Waals surface area contributed by atoms with Gasteiger partial charge in [-0.25, -0.2) is 0 Å². The fourth-order valence-corrected chi connectivity index (χ4v) is 0.726. The molecule has 0 heterocycles. The Labute approximate surface area is 76.9 Å². The van der Waals surface area contributed by atoms with Crippen molar-refractivity contribution in [2.24, 2.45) is 16.5 Å². The van der Waals surface area contributed by atoms with Crippen molar-refractivity contribution in [2.75, 3.05) is 6.61 Å². The van der Waals surface area contributed by atoms with Crippen LogP contribution in [0.25, 0.3) is 0 Å². The van der Waals surface area contributed by atoms with E-state index in [0.29, 0.717) is 0 Å². The van der Waals surface area contributed by atoms with E-state index in [0.717, 1.165) is 0 Å². The third-order valence-corrected chi connectivity index (χ3v) is 1.51. The highest BCUT2D eigenvalue weighted by Crippen LogP contribution is 2.10. The minimum Gasteiger partial charge on any atom is -0.403 e. The maximum Gasteiger partial charge on any atom is 0.148 e. The highest BCUT2D eigenvalue weighted by molar-refractivity contribution is 6.69. The molecule has 0 aromatic carbocycles. The van der Waals surface area contributed by atoms with Gasteiger partial charge >= 0.3 is 0 Å². The Kier molecular flexibility index (Phi) is 4.06. The van der Waals surface area contributed by atoms with E-state index in [1.54, 1.807) is 13.8 Å². The molecular weight excluding hydrogens is 178 g/mol. The van der Waals surface area contributed by atoms with Crippen LogP contribution in [0.1, 0.15) is 13.8 Å². The number of aliphatic imine (C=N–C) groups is 1. The van der Waals surface area contributed by atoms with Crippen LogP contribution in [0.4, 0.5) is 0 Å². The topological polar surface area (TPSA) is 84.6 Å². The quantitative estimate of drug-likeness (QED) is 0.556. The van der Waals surface area contributed by atoms with Gasteiger partial charge in [-0.05, 0) is 13.8 Å². The van der Waals surface area contributed by atoms with Gasteiger partial charge in [0, 0.05) is 6.20 Å². The third-order valence-electron chi connectivity index (χ3n) is 1.21. The van der Waals surface area contributed by atoms with Crippen molar-refractivity contribution in [1.82, 2.24) is 0 Å². The Morgan fingerprint density at radius 1 is 1.67 bits per heavy atom. The number of nitrogens with two attached hydrogens (primary N) is 2. The van der Waals surface area contributed by atoms with Crippen molar-refractivity contribution in [3.8, 4) is 0 Å². The predicted octanol–water partition coefficient (Wildman–Crippen LogP) is 0.153. The molecule has 0 amide bonds. The van der Waals surface area contributed by atoms with E-state index >= 15 is 0 Å². The van der Waals surface area contributed by atoms with E-state index in [1.807, 2.05) is 0 Å². The van der Waals surface area contributed by atoms with Gasteiger partial charge in [0.15, 0.2) is 0 Å². The lowest BCUT2D eigenvalue weighted by Gasteiger charge is -2.16. The van der Waals surface area contributed by atoms with E-state index < -0.39 is 5.54 Å². The number of halogens is 1. The smallest absolute Gasteiger partial charge is 0.148 e. The van der Waals surface area contributed by atoms with Crippen LogP contribution in [0.3, 0.4) is 0 Å². The van der Waals surface area contributed by atoms with Crippen LogP contribution in [-0.4, -0.2) is 22.4 Å². The number of aliphatic hydroxyl groups is 1. The first kappa shape index (κ1) is 11.3. The van der Waals surface area contributed by atoms with Gasteiger partial charge in [-0.3, -0.25) is 4.99 Å². The summed E-state index contributed by atoms with van der Waals surface area (Å²) in [5.41, 5.74) is 10.1. The molecule has 0 aromatic heterocycles. The van der Waals surface area contributed by atoms with Crippen molar-refractivity contribution in [3.05, 3.63) is 11.9 Å². The highest BCUT2D eigenvalue weighted by Gasteiger charge is 2.15. The van der Waals surface area contributed by atoms with Crippen molar-refractivity contribution in [3.63, 3.8) is 0 Å². The Bertz CT molecular complexity index is 211. The first-order valence-electron chi connectivity index (χ1n) is 3.47. The van der Waals surface area contributed by atoms with Crippen LogP contribution >= 0.6 is 11.6 Å². The second-order valence-electron chi connectivity index (χ2n) is 3.00. The van der Waals surface area contributed by atoms with Gasteiger partial charge < -0.3 is 16.6 Å². The fourth-order valence-electron chi connectivity index (χ4n) is 0.434. The average molecular weight is 192 g/mol. The molecule has 0 saturated carbocycles. The van der Waals surface area contributed by atoms with E-state index in [2.05, 4.69) is 4.99 Å². The molecule has 4 nitrogen and oxygen atoms in total. The number of hydrogen-bond acceptors (Lipinski definition) is 4. The van der Waals surface area contributed by atoms with Crippen molar-refractivity contribution in [1.29, 1.82) is 0 Å². The number of aliphatic hydroxyl groups excluding tert-OH is 1. The molecular formula is C7H14ClN3O. The summed E-state index contributed by atoms with van der Waals surface area (Å²) in [6, 6.07) is 0. The Hall–Kier alpha value is -0.740. The number of hydrogen-bond donors (Lipinski definition) is 3. The monoisotopic (exact) mass is 191 g/mol. The zero-order chi connectivity index (χ0) is 9.78. The summed E-state index contributed by atoms with van der Waals surface area (Å²) >= 11 is 5.66. The van der Waals surface area contributed by atoms with E-state index in [-0.39, 0.29) is 17.5 Å². The van der Waals surface area contributed by atoms with Crippen LogP contribution in [0.15, 0.2) is 16.9 Å². The number of allylic oxidation sites excluding steroid dienone is 1. The van der Waals surface area contributed by atoms with Gasteiger partial charge in [0.05, 0.1) is 17.8 Å². The Morgan fingerprint density at radius 3 is 2.50 bits per heavy atom. The molecule has 0 atom stereocenters. The molecule has 0 aliphatic rings. The first-order chi connectivity index (χ1) is 5.43. The van der Waals surface area contributed by atoms with Gasteiger partial charge in [0.2, 0.25) is 0 Å². The molecule has 0 radical (unpaired) electrons. The number of rotatable bonds is 3. The van der Waals surface area contributed by atoms with Crippen LogP contribution in [-0.2, 0) is 0 Å². The molecule has 0 aliphatic carbocycles. The van der Waals surface area contributed by atoms with E-state index in [1.165, 1.54) is 6.20 Å². The van der Waals surface area contributed by atoms with Gasteiger partial charge in [0.1, 0.15) is 5.17 Å². The molecule has 0 saturated heterocycles. The average Bonchev–Trinajstić information content (AvgIpc) is 2.02. The molecule has 0 rings (SSSR count). The SMILES string of the molecule is CC(C)(CO)N=C(Cl)C(N)=CN. The Balaban J connectivity index is 4.56. The summed E-state index contributed by atoms with van der Waals surface area (Å²) < 4.78 is 0. The summed E-state index contributed by atoms with van der Waals surface area (Å²) in [4.78, 5) is 3.96. The summed E-state index contributed by atoms with van der Waals surface area (Å²) in [5, 5.41) is 8.96. The molecule has 70 valence electrons. The lowest BCUT2D eigenvalue weighted by Crippen LogP contribution is -2.24. The van der Waals surface area contributed by atoms with Gasteiger partial charge in [-0.15, -0.1) is 0 Å². The standard InChI is InChI=1S/C7H14ClN3O/c1-7(2,4-12)11-6(8)5(10)3-9/h3,12H,4,9-10H2,1-2H3. The van der Waals surface area contributed by atoms with Gasteiger partial charge in [-0.1, -0.05) is 11.6 Å². The third kappa shape index (κ3) is 3.59. The lowest BCUT2D eigenvalue weighted by atomic mass is 10.1. The zero-order valence-electron chi connectivity index (χ0n) is 7.21. The molecule has 0 bridgehead atoms. The van der Waals surface area contributed by atoms with Crippen LogP contribution in [0, 0.1) is 0 Å². The lowest BCUT2D eigenvalue weighted by molar-refractivity contribution is 0.223. The first-order valence-corrected chi connectivity index (χ1v) is 3.84. The summed E-state index contributed by atoms with van der Waals surface area (Å²) in [6.07, 6.45) is 1.17. The summed E-state index contributed by atoms with van der Waals surface area (Å²) in [5.74, 6) is 0. The molecule has 0 unspecified atom stereocenters. The zero-order valence-corrected chi connectivity index (χ0v) is 7.97. The molecule has 5 heteroatoms. The summed E-state index contributed by atoms with van der Waals surface area (Å²) in [6.45, 7) is 3.37. The Morgan fingerprint density at radius 2 is 2.17 bits per heavy atom. The van der Waals surface area contributed by atoms with Crippen LogP contribution < -0.4 is 11.5 Å². The molecule has 0 aromatic rings. The van der Waals surface area contributed by atoms with Crippen molar-refractivity contribution < 1.29 is 5.11 Å². The highest BCUT2D eigenvalue weighted by atomic mass is 35.5. The van der Waals surface area contributed by atoms with Crippen molar-refractivity contribution >= 4 is 16.8 Å². The number of nitrogens with zero attached hydrogens (tertiary/aromatic N) is 1. The minimum absolute atomic E-state index is 0.0962. The van der Waals surface area contributed by atoms with E-state index in [9.17, 15) is 0 Å².